The van der Waals surface area contributed by atoms with Crippen molar-refractivity contribution >= 4 is 22.7 Å². The summed E-state index contributed by atoms with van der Waals surface area (Å²) >= 11 is 0. The second-order valence-electron chi connectivity index (χ2n) is 9.39. The third-order valence-corrected chi connectivity index (χ3v) is 6.94. The minimum Gasteiger partial charge on any atom is -0.408 e. The van der Waals surface area contributed by atoms with Crippen LogP contribution in [-0.2, 0) is 4.79 Å². The van der Waals surface area contributed by atoms with Crippen LogP contribution in [-0.4, -0.2) is 47.5 Å². The molecule has 4 rings (SSSR count). The lowest BCUT2D eigenvalue weighted by atomic mass is 9.84. The molecule has 0 radical (unpaired) electrons. The van der Waals surface area contributed by atoms with E-state index in [0.717, 1.165) is 44.8 Å². The van der Waals surface area contributed by atoms with Gasteiger partial charge in [0.05, 0.1) is 11.5 Å². The van der Waals surface area contributed by atoms with Gasteiger partial charge in [-0.25, -0.2) is 9.18 Å². The summed E-state index contributed by atoms with van der Waals surface area (Å²) in [6, 6.07) is 5.51. The Morgan fingerprint density at radius 2 is 2.06 bits per heavy atom. The first-order valence-electron chi connectivity index (χ1n) is 11.7. The highest BCUT2D eigenvalue weighted by atomic mass is 19.1. The molecule has 2 heterocycles. The van der Waals surface area contributed by atoms with Crippen LogP contribution in [0.25, 0.3) is 11.0 Å². The van der Waals surface area contributed by atoms with Crippen molar-refractivity contribution in [2.45, 2.75) is 62.9 Å². The lowest BCUT2D eigenvalue weighted by Crippen LogP contribution is -2.57. The highest BCUT2D eigenvalue weighted by Gasteiger charge is 2.37. The molecule has 176 valence electrons. The molecule has 2 N–H and O–H groups in total. The van der Waals surface area contributed by atoms with Crippen LogP contribution in [0.4, 0.5) is 10.2 Å². The lowest BCUT2D eigenvalue weighted by Gasteiger charge is -2.37. The fourth-order valence-corrected chi connectivity index (χ4v) is 4.90. The average Bonchev–Trinajstić information content (AvgIpc) is 2.80. The van der Waals surface area contributed by atoms with Crippen LogP contribution < -0.4 is 16.4 Å². The molecule has 1 aromatic heterocycles. The fourth-order valence-electron chi connectivity index (χ4n) is 4.90. The van der Waals surface area contributed by atoms with Crippen LogP contribution in [0.5, 0.6) is 0 Å². The van der Waals surface area contributed by atoms with Crippen molar-refractivity contribution < 1.29 is 13.6 Å². The molecule has 2 aromatic rings. The summed E-state index contributed by atoms with van der Waals surface area (Å²) in [6.07, 6.45) is 7.20. The van der Waals surface area contributed by atoms with Crippen LogP contribution in [0.1, 0.15) is 51.4 Å². The van der Waals surface area contributed by atoms with Gasteiger partial charge in [0, 0.05) is 19.2 Å². The number of carbonyl (C=O) groups excluding carboxylic acids is 1. The van der Waals surface area contributed by atoms with Gasteiger partial charge in [0.15, 0.2) is 0 Å². The Balaban J connectivity index is 1.61. The van der Waals surface area contributed by atoms with Gasteiger partial charge in [-0.3, -0.25) is 4.79 Å². The van der Waals surface area contributed by atoms with Crippen molar-refractivity contribution in [2.24, 2.45) is 5.92 Å². The zero-order valence-corrected chi connectivity index (χ0v) is 18.9. The zero-order chi connectivity index (χ0) is 23.4. The highest BCUT2D eigenvalue weighted by Crippen LogP contribution is 2.30. The molecule has 1 aromatic carbocycles. The van der Waals surface area contributed by atoms with Gasteiger partial charge in [-0.15, -0.1) is 0 Å². The van der Waals surface area contributed by atoms with Gasteiger partial charge in [-0.1, -0.05) is 32.1 Å². The van der Waals surface area contributed by atoms with E-state index >= 15 is 0 Å². The number of carbonyl (C=O) groups is 1. The molecule has 2 aliphatic rings. The van der Waals surface area contributed by atoms with Gasteiger partial charge >= 0.3 is 5.76 Å². The third-order valence-electron chi connectivity index (χ3n) is 6.94. The molecule has 1 saturated carbocycles. The number of nitrogens with zero attached hydrogens (tertiary/aromatic N) is 3. The number of fused-ring (bicyclic) bond motifs is 1. The summed E-state index contributed by atoms with van der Waals surface area (Å²) in [5.41, 5.74) is -0.845. The van der Waals surface area contributed by atoms with Crippen molar-refractivity contribution in [1.29, 1.82) is 5.26 Å². The van der Waals surface area contributed by atoms with E-state index in [-0.39, 0.29) is 17.3 Å². The molecule has 1 aliphatic carbocycles. The number of nitriles is 1. The third kappa shape index (κ3) is 5.50. The summed E-state index contributed by atoms with van der Waals surface area (Å²) in [6.45, 7) is 1.46. The molecule has 0 bridgehead atoms. The second-order valence-corrected chi connectivity index (χ2v) is 9.39. The smallest absolute Gasteiger partial charge is 0.408 e. The van der Waals surface area contributed by atoms with E-state index in [1.807, 2.05) is 7.05 Å². The van der Waals surface area contributed by atoms with Gasteiger partial charge in [0.2, 0.25) is 5.91 Å². The standard InChI is InChI=1S/C24H30FN5O3/c1-30-11-9-24(15-26,10-12-30)29-22(31)19(13-16-5-3-2-4-6-16)27-21-18-8-7-17(25)14-20(18)33-23(32)28-21/h7-8,14,16,19H,2-6,9-13H2,1H3,(H,29,31)(H,27,28,32)/t19-/m0/s1. The SMILES string of the molecule is CN1CCC(C#N)(NC(=O)[C@H](CC2CCCCC2)Nc2nc(=O)oc3cc(F)ccc23)CC1. The van der Waals surface area contributed by atoms with E-state index in [2.05, 4.69) is 26.6 Å². The van der Waals surface area contributed by atoms with E-state index in [1.165, 1.54) is 18.6 Å². The Labute approximate surface area is 192 Å². The molecule has 0 spiro atoms. The van der Waals surface area contributed by atoms with Crippen LogP contribution in [0.2, 0.25) is 0 Å². The van der Waals surface area contributed by atoms with E-state index in [0.29, 0.717) is 30.6 Å². The number of benzene rings is 1. The van der Waals surface area contributed by atoms with Gasteiger partial charge < -0.3 is 20.0 Å². The Hall–Kier alpha value is -2.99. The van der Waals surface area contributed by atoms with Crippen molar-refractivity contribution in [2.75, 3.05) is 25.5 Å². The maximum Gasteiger partial charge on any atom is 0.441 e. The van der Waals surface area contributed by atoms with E-state index in [4.69, 9.17) is 4.42 Å². The summed E-state index contributed by atoms with van der Waals surface area (Å²) in [7, 11) is 2.00. The molecule has 1 amide bonds. The van der Waals surface area contributed by atoms with E-state index in [1.54, 1.807) is 0 Å². The molecule has 1 aliphatic heterocycles. The number of piperidine rings is 1. The Morgan fingerprint density at radius 3 is 2.76 bits per heavy atom. The van der Waals surface area contributed by atoms with Crippen molar-refractivity contribution in [3.05, 3.63) is 34.6 Å². The first kappa shape index (κ1) is 23.2. The largest absolute Gasteiger partial charge is 0.441 e. The number of aromatic nitrogens is 1. The van der Waals surface area contributed by atoms with Crippen molar-refractivity contribution in [3.63, 3.8) is 0 Å². The number of likely N-dealkylation sites (tertiary alicyclic amines) is 1. The summed E-state index contributed by atoms with van der Waals surface area (Å²) in [4.78, 5) is 31.6. The number of hydrogen-bond donors (Lipinski definition) is 2. The molecular weight excluding hydrogens is 425 g/mol. The monoisotopic (exact) mass is 455 g/mol. The normalized spacial score (nSPS) is 20.2. The summed E-state index contributed by atoms with van der Waals surface area (Å²) in [5, 5.41) is 16.4. The topological polar surface area (TPSA) is 111 Å². The first-order chi connectivity index (χ1) is 15.9. The molecule has 0 unspecified atom stereocenters. The maximum absolute atomic E-state index is 13.7. The number of halogens is 1. The average molecular weight is 456 g/mol. The van der Waals surface area contributed by atoms with Gasteiger partial charge in [0.25, 0.3) is 0 Å². The van der Waals surface area contributed by atoms with Crippen LogP contribution >= 0.6 is 0 Å². The Bertz CT molecular complexity index is 1100. The van der Waals surface area contributed by atoms with Gasteiger partial charge in [-0.05, 0) is 44.4 Å². The number of hydrogen-bond acceptors (Lipinski definition) is 7. The summed E-state index contributed by atoms with van der Waals surface area (Å²) < 4.78 is 18.7. The maximum atomic E-state index is 13.7. The zero-order valence-electron chi connectivity index (χ0n) is 18.9. The van der Waals surface area contributed by atoms with Crippen LogP contribution in [0.15, 0.2) is 27.4 Å². The lowest BCUT2D eigenvalue weighted by molar-refractivity contribution is -0.124. The number of anilines is 1. The first-order valence-corrected chi connectivity index (χ1v) is 11.7. The number of amides is 1. The molecule has 9 heteroatoms. The molecule has 1 atom stereocenters. The molecule has 1 saturated heterocycles. The van der Waals surface area contributed by atoms with Gasteiger partial charge in [0.1, 0.15) is 28.8 Å². The van der Waals surface area contributed by atoms with E-state index < -0.39 is 23.2 Å². The molecule has 2 fully saturated rings. The predicted molar refractivity (Wildman–Crippen MR) is 122 cm³/mol. The molecule has 8 nitrogen and oxygen atoms in total. The fraction of sp³-hybridized carbons (Fsp3) is 0.583. The minimum absolute atomic E-state index is 0.0677. The van der Waals surface area contributed by atoms with Crippen LogP contribution in [0.3, 0.4) is 0 Å². The summed E-state index contributed by atoms with van der Waals surface area (Å²) in [5.74, 6) is -1.13. The van der Waals surface area contributed by atoms with Crippen LogP contribution in [0, 0.1) is 23.1 Å². The quantitative estimate of drug-likeness (QED) is 0.688. The molecule has 33 heavy (non-hydrogen) atoms. The molecular formula is C24H30FN5O3. The number of nitrogens with one attached hydrogen (secondary N) is 2. The highest BCUT2D eigenvalue weighted by molar-refractivity contribution is 5.91. The van der Waals surface area contributed by atoms with Gasteiger partial charge in [-0.2, -0.15) is 10.2 Å². The van der Waals surface area contributed by atoms with E-state index in [9.17, 15) is 19.2 Å². The minimum atomic E-state index is -0.912. The number of rotatable bonds is 6. The predicted octanol–water partition coefficient (Wildman–Crippen LogP) is 3.18. The Kier molecular flexibility index (Phi) is 6.94. The second kappa shape index (κ2) is 9.87. The Morgan fingerprint density at radius 1 is 1.33 bits per heavy atom. The van der Waals surface area contributed by atoms with Crippen molar-refractivity contribution in [3.8, 4) is 6.07 Å². The van der Waals surface area contributed by atoms with Crippen molar-refractivity contribution in [1.82, 2.24) is 15.2 Å².